The summed E-state index contributed by atoms with van der Waals surface area (Å²) in [4.78, 5) is 22.2. The molecule has 0 saturated heterocycles. The molecule has 4 aromatic rings. The zero-order valence-corrected chi connectivity index (χ0v) is 15.5. The van der Waals surface area contributed by atoms with E-state index in [2.05, 4.69) is 29.4 Å². The van der Waals surface area contributed by atoms with Gasteiger partial charge in [-0.25, -0.2) is 4.98 Å². The SMILES string of the molecule is Cc1cccc(N[C@H](C)c2nc3scc(-c4cccs4)c3c(=O)[nH]2)c1. The fourth-order valence-corrected chi connectivity index (χ4v) is 4.61. The summed E-state index contributed by atoms with van der Waals surface area (Å²) < 4.78 is 0. The maximum atomic E-state index is 12.7. The molecule has 2 N–H and O–H groups in total. The van der Waals surface area contributed by atoms with Crippen LogP contribution in [0.15, 0.2) is 52.0 Å². The number of fused-ring (bicyclic) bond motifs is 1. The number of benzene rings is 1. The van der Waals surface area contributed by atoms with Crippen LogP contribution in [0.25, 0.3) is 20.7 Å². The normalized spacial score (nSPS) is 12.4. The molecule has 0 fully saturated rings. The van der Waals surface area contributed by atoms with Crippen LogP contribution in [0.1, 0.15) is 24.4 Å². The second-order valence-electron chi connectivity index (χ2n) is 5.99. The molecule has 0 bridgehead atoms. The molecule has 0 amide bonds. The molecule has 1 aromatic carbocycles. The Bertz CT molecular complexity index is 1080. The Hall–Kier alpha value is -2.44. The molecule has 0 saturated carbocycles. The third kappa shape index (κ3) is 3.10. The lowest BCUT2D eigenvalue weighted by atomic mass is 10.2. The molecule has 1 atom stereocenters. The quantitative estimate of drug-likeness (QED) is 0.521. The fraction of sp³-hybridized carbons (Fsp3) is 0.158. The van der Waals surface area contributed by atoms with Crippen LogP contribution in [0, 0.1) is 6.92 Å². The smallest absolute Gasteiger partial charge is 0.260 e. The van der Waals surface area contributed by atoms with Gasteiger partial charge in [-0.05, 0) is 43.0 Å². The lowest BCUT2D eigenvalue weighted by Gasteiger charge is -2.15. The number of hydrogen-bond acceptors (Lipinski definition) is 5. The van der Waals surface area contributed by atoms with Crippen molar-refractivity contribution >= 4 is 38.6 Å². The molecule has 0 aliphatic rings. The van der Waals surface area contributed by atoms with E-state index in [4.69, 9.17) is 4.98 Å². The van der Waals surface area contributed by atoms with Gasteiger partial charge in [-0.2, -0.15) is 0 Å². The van der Waals surface area contributed by atoms with E-state index in [1.54, 1.807) is 11.3 Å². The maximum Gasteiger partial charge on any atom is 0.260 e. The standard InChI is InChI=1S/C19H17N3OS2/c1-11-5-3-6-13(9-11)20-12(2)17-21-18(23)16-14(10-25-19(16)22-17)15-7-4-8-24-15/h3-10,12,20H,1-2H3,(H,21,22,23)/t12-/m1/s1. The Morgan fingerprint density at radius 2 is 2.08 bits per heavy atom. The molecule has 0 radical (unpaired) electrons. The third-order valence-corrected chi connectivity index (χ3v) is 5.84. The molecule has 3 aromatic heterocycles. The number of rotatable bonds is 4. The average molecular weight is 367 g/mol. The third-order valence-electron chi connectivity index (χ3n) is 4.06. The van der Waals surface area contributed by atoms with Crippen LogP contribution in [0.5, 0.6) is 0 Å². The number of aryl methyl sites for hydroxylation is 1. The van der Waals surface area contributed by atoms with Gasteiger partial charge in [-0.1, -0.05) is 18.2 Å². The van der Waals surface area contributed by atoms with Gasteiger partial charge < -0.3 is 10.3 Å². The van der Waals surface area contributed by atoms with Gasteiger partial charge in [0.1, 0.15) is 10.7 Å². The highest BCUT2D eigenvalue weighted by molar-refractivity contribution is 7.18. The highest BCUT2D eigenvalue weighted by Gasteiger charge is 2.16. The fourth-order valence-electron chi connectivity index (χ4n) is 2.84. The van der Waals surface area contributed by atoms with Crippen LogP contribution >= 0.6 is 22.7 Å². The van der Waals surface area contributed by atoms with Gasteiger partial charge in [-0.3, -0.25) is 4.79 Å². The predicted octanol–water partition coefficient (Wildman–Crippen LogP) is 5.19. The lowest BCUT2D eigenvalue weighted by molar-refractivity contribution is 0.793. The van der Waals surface area contributed by atoms with Crippen molar-refractivity contribution in [3.63, 3.8) is 0 Å². The number of aromatic nitrogens is 2. The van der Waals surface area contributed by atoms with Crippen LogP contribution < -0.4 is 10.9 Å². The lowest BCUT2D eigenvalue weighted by Crippen LogP contribution is -2.17. The molecule has 0 aliphatic carbocycles. The van der Waals surface area contributed by atoms with Crippen molar-refractivity contribution < 1.29 is 0 Å². The van der Waals surface area contributed by atoms with Gasteiger partial charge in [0.25, 0.3) is 5.56 Å². The Balaban J connectivity index is 1.71. The summed E-state index contributed by atoms with van der Waals surface area (Å²) in [6, 6.07) is 12.1. The highest BCUT2D eigenvalue weighted by atomic mass is 32.1. The molecule has 0 aliphatic heterocycles. The predicted molar refractivity (Wildman–Crippen MR) is 107 cm³/mol. The summed E-state index contributed by atoms with van der Waals surface area (Å²) in [7, 11) is 0. The van der Waals surface area contributed by atoms with E-state index in [1.807, 2.05) is 41.9 Å². The van der Waals surface area contributed by atoms with Crippen LogP contribution in [0.3, 0.4) is 0 Å². The molecule has 126 valence electrons. The molecular formula is C19H17N3OS2. The van der Waals surface area contributed by atoms with Gasteiger partial charge in [0, 0.05) is 21.5 Å². The summed E-state index contributed by atoms with van der Waals surface area (Å²) in [6.45, 7) is 4.06. The number of thiophene rings is 2. The van der Waals surface area contributed by atoms with E-state index in [0.29, 0.717) is 11.2 Å². The van der Waals surface area contributed by atoms with Gasteiger partial charge in [0.2, 0.25) is 0 Å². The average Bonchev–Trinajstić information content (AvgIpc) is 3.23. The zero-order chi connectivity index (χ0) is 17.4. The minimum absolute atomic E-state index is 0.0810. The molecule has 3 heterocycles. The summed E-state index contributed by atoms with van der Waals surface area (Å²) in [5.74, 6) is 0.651. The van der Waals surface area contributed by atoms with E-state index in [9.17, 15) is 4.79 Å². The molecular weight excluding hydrogens is 350 g/mol. The molecule has 0 spiro atoms. The monoisotopic (exact) mass is 367 g/mol. The van der Waals surface area contributed by atoms with Crippen molar-refractivity contribution in [1.29, 1.82) is 0 Å². The number of aromatic amines is 1. The van der Waals surface area contributed by atoms with E-state index >= 15 is 0 Å². The topological polar surface area (TPSA) is 57.8 Å². The first-order valence-corrected chi connectivity index (χ1v) is 9.76. The first-order chi connectivity index (χ1) is 12.1. The number of nitrogens with zero attached hydrogens (tertiary/aromatic N) is 1. The number of H-pyrrole nitrogens is 1. The first-order valence-electron chi connectivity index (χ1n) is 8.00. The van der Waals surface area contributed by atoms with Crippen LogP contribution in [0.2, 0.25) is 0 Å². The van der Waals surface area contributed by atoms with E-state index in [1.165, 1.54) is 16.9 Å². The molecule has 25 heavy (non-hydrogen) atoms. The summed E-state index contributed by atoms with van der Waals surface area (Å²) in [6.07, 6.45) is 0. The van der Waals surface area contributed by atoms with Gasteiger partial charge in [0.05, 0.1) is 11.4 Å². The largest absolute Gasteiger partial charge is 0.375 e. The van der Waals surface area contributed by atoms with E-state index in [0.717, 1.165) is 21.0 Å². The minimum atomic E-state index is -0.0915. The van der Waals surface area contributed by atoms with Crippen LogP contribution in [-0.2, 0) is 0 Å². The number of hydrogen-bond donors (Lipinski definition) is 2. The summed E-state index contributed by atoms with van der Waals surface area (Å²) >= 11 is 3.15. The second kappa shape index (κ2) is 6.46. The van der Waals surface area contributed by atoms with Gasteiger partial charge in [0.15, 0.2) is 0 Å². The van der Waals surface area contributed by atoms with Crippen molar-refractivity contribution in [2.75, 3.05) is 5.32 Å². The highest BCUT2D eigenvalue weighted by Crippen LogP contribution is 2.33. The van der Waals surface area contributed by atoms with Crippen LogP contribution in [-0.4, -0.2) is 9.97 Å². The van der Waals surface area contributed by atoms with E-state index < -0.39 is 0 Å². The van der Waals surface area contributed by atoms with Gasteiger partial charge in [-0.15, -0.1) is 22.7 Å². The molecule has 0 unspecified atom stereocenters. The minimum Gasteiger partial charge on any atom is -0.375 e. The number of anilines is 1. The van der Waals surface area contributed by atoms with Crippen molar-refractivity contribution in [2.45, 2.75) is 19.9 Å². The van der Waals surface area contributed by atoms with Gasteiger partial charge >= 0.3 is 0 Å². The molecule has 4 rings (SSSR count). The van der Waals surface area contributed by atoms with Crippen molar-refractivity contribution in [3.05, 3.63) is 68.9 Å². The van der Waals surface area contributed by atoms with E-state index in [-0.39, 0.29) is 11.6 Å². The molecule has 6 heteroatoms. The summed E-state index contributed by atoms with van der Waals surface area (Å²) in [5.41, 5.74) is 3.09. The number of nitrogens with one attached hydrogen (secondary N) is 2. The van der Waals surface area contributed by atoms with Crippen molar-refractivity contribution in [3.8, 4) is 10.4 Å². The Kier molecular flexibility index (Phi) is 4.15. The Morgan fingerprint density at radius 3 is 2.84 bits per heavy atom. The zero-order valence-electron chi connectivity index (χ0n) is 13.9. The van der Waals surface area contributed by atoms with Crippen molar-refractivity contribution in [2.24, 2.45) is 0 Å². The first kappa shape index (κ1) is 16.1. The maximum absolute atomic E-state index is 12.7. The van der Waals surface area contributed by atoms with Crippen LogP contribution in [0.4, 0.5) is 5.69 Å². The second-order valence-corrected chi connectivity index (χ2v) is 7.80. The summed E-state index contributed by atoms with van der Waals surface area (Å²) in [5, 5.41) is 8.11. The Labute approximate surface area is 153 Å². The molecule has 4 nitrogen and oxygen atoms in total. The Morgan fingerprint density at radius 1 is 1.20 bits per heavy atom. The van der Waals surface area contributed by atoms with Crippen molar-refractivity contribution in [1.82, 2.24) is 9.97 Å².